The van der Waals surface area contributed by atoms with E-state index in [4.69, 9.17) is 11.6 Å². The van der Waals surface area contributed by atoms with Crippen molar-refractivity contribution in [2.75, 3.05) is 25.9 Å². The van der Waals surface area contributed by atoms with Crippen LogP contribution in [-0.2, 0) is 4.79 Å². The molecule has 3 N–H and O–H groups in total. The second-order valence-electron chi connectivity index (χ2n) is 5.35. The number of benzene rings is 1. The molecule has 1 amide bonds. The number of amides is 1. The van der Waals surface area contributed by atoms with Crippen LogP contribution in [-0.4, -0.2) is 43.8 Å². The molecule has 5 nitrogen and oxygen atoms in total. The third kappa shape index (κ3) is 11.5. The van der Waals surface area contributed by atoms with Gasteiger partial charge in [-0.2, -0.15) is 0 Å². The molecule has 142 valence electrons. The zero-order valence-electron chi connectivity index (χ0n) is 15.0. The molecule has 0 spiro atoms. The fraction of sp³-hybridized carbons (Fsp3) is 0.529. The van der Waals surface area contributed by atoms with Gasteiger partial charge in [0.25, 0.3) is 0 Å². The van der Waals surface area contributed by atoms with Gasteiger partial charge in [-0.05, 0) is 37.6 Å². The fourth-order valence-electron chi connectivity index (χ4n) is 1.83. The van der Waals surface area contributed by atoms with Crippen LogP contribution in [0.3, 0.4) is 0 Å². The Hall–Kier alpha value is -0.670. The van der Waals surface area contributed by atoms with Crippen molar-refractivity contribution in [1.82, 2.24) is 16.0 Å². The molecular weight excluding hydrogens is 471 g/mol. The van der Waals surface area contributed by atoms with E-state index in [0.717, 1.165) is 23.7 Å². The lowest BCUT2D eigenvalue weighted by Crippen LogP contribution is -2.41. The van der Waals surface area contributed by atoms with Crippen LogP contribution in [0.4, 0.5) is 0 Å². The van der Waals surface area contributed by atoms with Gasteiger partial charge in [-0.1, -0.05) is 18.5 Å². The van der Waals surface area contributed by atoms with E-state index in [0.29, 0.717) is 18.9 Å². The number of hydrogen-bond donors (Lipinski definition) is 3. The molecule has 0 fully saturated rings. The van der Waals surface area contributed by atoms with Crippen molar-refractivity contribution in [1.29, 1.82) is 0 Å². The third-order valence-electron chi connectivity index (χ3n) is 3.36. The first kappa shape index (κ1) is 24.3. The SMILES string of the molecule is CCC(C)NC(=O)CCNC(=NC)NCCSc1ccc(Cl)cc1.I. The fourth-order valence-corrected chi connectivity index (χ4v) is 2.73. The summed E-state index contributed by atoms with van der Waals surface area (Å²) in [4.78, 5) is 17.0. The summed E-state index contributed by atoms with van der Waals surface area (Å²) in [7, 11) is 1.72. The molecule has 0 aliphatic heterocycles. The number of guanidine groups is 1. The summed E-state index contributed by atoms with van der Waals surface area (Å²) in [5, 5.41) is 10.1. The van der Waals surface area contributed by atoms with E-state index in [-0.39, 0.29) is 35.9 Å². The maximum atomic E-state index is 11.7. The van der Waals surface area contributed by atoms with Gasteiger partial charge in [0.2, 0.25) is 5.91 Å². The van der Waals surface area contributed by atoms with Gasteiger partial charge >= 0.3 is 0 Å². The molecule has 8 heteroatoms. The van der Waals surface area contributed by atoms with Crippen LogP contribution in [0.15, 0.2) is 34.2 Å². The first-order valence-electron chi connectivity index (χ1n) is 8.17. The second-order valence-corrected chi connectivity index (χ2v) is 6.96. The van der Waals surface area contributed by atoms with Gasteiger partial charge in [0.05, 0.1) is 0 Å². The highest BCUT2D eigenvalue weighted by Gasteiger charge is 2.05. The number of nitrogens with zero attached hydrogens (tertiary/aromatic N) is 1. The molecule has 25 heavy (non-hydrogen) atoms. The Morgan fingerprint density at radius 2 is 1.88 bits per heavy atom. The highest BCUT2D eigenvalue weighted by molar-refractivity contribution is 14.0. The number of rotatable bonds is 9. The topological polar surface area (TPSA) is 65.5 Å². The van der Waals surface area contributed by atoms with E-state index in [1.54, 1.807) is 18.8 Å². The van der Waals surface area contributed by atoms with Crippen LogP contribution in [0, 0.1) is 0 Å². The summed E-state index contributed by atoms with van der Waals surface area (Å²) < 4.78 is 0. The minimum Gasteiger partial charge on any atom is -0.356 e. The maximum absolute atomic E-state index is 11.7. The number of thioether (sulfide) groups is 1. The van der Waals surface area contributed by atoms with Crippen molar-refractivity contribution in [2.45, 2.75) is 37.6 Å². The predicted octanol–water partition coefficient (Wildman–Crippen LogP) is 3.52. The Balaban J connectivity index is 0.00000576. The van der Waals surface area contributed by atoms with Crippen molar-refractivity contribution in [3.8, 4) is 0 Å². The zero-order chi connectivity index (χ0) is 17.8. The normalized spacial score (nSPS) is 12.1. The van der Waals surface area contributed by atoms with Crippen molar-refractivity contribution >= 4 is 59.2 Å². The Labute approximate surface area is 177 Å². The summed E-state index contributed by atoms with van der Waals surface area (Å²) in [6.07, 6.45) is 1.37. The molecule has 1 aromatic carbocycles. The highest BCUT2D eigenvalue weighted by atomic mass is 127. The van der Waals surface area contributed by atoms with Crippen LogP contribution in [0.2, 0.25) is 5.02 Å². The molecule has 0 bridgehead atoms. The van der Waals surface area contributed by atoms with E-state index in [9.17, 15) is 4.79 Å². The van der Waals surface area contributed by atoms with Gasteiger partial charge in [-0.25, -0.2) is 0 Å². The molecule has 0 aliphatic rings. The molecule has 0 saturated heterocycles. The molecule has 1 unspecified atom stereocenters. The zero-order valence-corrected chi connectivity index (χ0v) is 18.9. The minimum atomic E-state index is 0. The van der Waals surface area contributed by atoms with Gasteiger partial charge in [0, 0.05) is 48.3 Å². The molecule has 1 aromatic rings. The van der Waals surface area contributed by atoms with Crippen molar-refractivity contribution in [3.05, 3.63) is 29.3 Å². The number of carbonyl (C=O) groups is 1. The van der Waals surface area contributed by atoms with Crippen LogP contribution in [0.1, 0.15) is 26.7 Å². The second kappa shape index (κ2) is 14.5. The summed E-state index contributed by atoms with van der Waals surface area (Å²) in [6, 6.07) is 8.02. The monoisotopic (exact) mass is 498 g/mol. The van der Waals surface area contributed by atoms with Gasteiger partial charge in [0.1, 0.15) is 0 Å². The van der Waals surface area contributed by atoms with E-state index in [1.165, 1.54) is 4.90 Å². The molecule has 0 saturated carbocycles. The molecule has 1 rings (SSSR count). The summed E-state index contributed by atoms with van der Waals surface area (Å²) in [6.45, 7) is 5.40. The number of hydrogen-bond acceptors (Lipinski definition) is 3. The predicted molar refractivity (Wildman–Crippen MR) is 119 cm³/mol. The maximum Gasteiger partial charge on any atom is 0.221 e. The largest absolute Gasteiger partial charge is 0.356 e. The quantitative estimate of drug-likeness (QED) is 0.160. The van der Waals surface area contributed by atoms with E-state index < -0.39 is 0 Å². The lowest BCUT2D eigenvalue weighted by molar-refractivity contribution is -0.121. The van der Waals surface area contributed by atoms with Crippen molar-refractivity contribution < 1.29 is 4.79 Å². The van der Waals surface area contributed by atoms with Crippen LogP contribution in [0.5, 0.6) is 0 Å². The smallest absolute Gasteiger partial charge is 0.221 e. The van der Waals surface area contributed by atoms with Gasteiger partial charge < -0.3 is 16.0 Å². The van der Waals surface area contributed by atoms with Crippen molar-refractivity contribution in [2.24, 2.45) is 4.99 Å². The Bertz CT molecular complexity index is 528. The standard InChI is InChI=1S/C17H27ClN4OS.HI/c1-4-13(2)22-16(23)9-10-20-17(19-3)21-11-12-24-15-7-5-14(18)6-8-15;/h5-8,13H,4,9-12H2,1-3H3,(H,22,23)(H2,19,20,21);1H. The minimum absolute atomic E-state index is 0. The summed E-state index contributed by atoms with van der Waals surface area (Å²) in [5.74, 6) is 1.69. The molecule has 0 aliphatic carbocycles. The first-order valence-corrected chi connectivity index (χ1v) is 9.53. The number of carbonyl (C=O) groups excluding carboxylic acids is 1. The molecule has 0 aromatic heterocycles. The lowest BCUT2D eigenvalue weighted by atomic mass is 10.2. The molecule has 0 heterocycles. The average Bonchev–Trinajstić information content (AvgIpc) is 2.58. The Morgan fingerprint density at radius 1 is 1.24 bits per heavy atom. The molecular formula is C17H28ClIN4OS. The number of halogens is 2. The Morgan fingerprint density at radius 3 is 2.48 bits per heavy atom. The third-order valence-corrected chi connectivity index (χ3v) is 4.63. The lowest BCUT2D eigenvalue weighted by Gasteiger charge is -2.13. The summed E-state index contributed by atoms with van der Waals surface area (Å²) >= 11 is 7.62. The molecule has 1 atom stereocenters. The molecule has 0 radical (unpaired) electrons. The van der Waals surface area contributed by atoms with Crippen LogP contribution in [0.25, 0.3) is 0 Å². The van der Waals surface area contributed by atoms with E-state index in [2.05, 4.69) is 27.9 Å². The number of nitrogens with one attached hydrogen (secondary N) is 3. The number of aliphatic imine (C=N–C) groups is 1. The van der Waals surface area contributed by atoms with Gasteiger partial charge in [-0.15, -0.1) is 35.7 Å². The Kier molecular flexibility index (Phi) is 14.1. The van der Waals surface area contributed by atoms with Gasteiger partial charge in [-0.3, -0.25) is 9.79 Å². The summed E-state index contributed by atoms with van der Waals surface area (Å²) in [5.41, 5.74) is 0. The highest BCUT2D eigenvalue weighted by Crippen LogP contribution is 2.19. The first-order chi connectivity index (χ1) is 11.5. The van der Waals surface area contributed by atoms with Gasteiger partial charge in [0.15, 0.2) is 5.96 Å². The average molecular weight is 499 g/mol. The van der Waals surface area contributed by atoms with E-state index in [1.807, 2.05) is 31.2 Å². The van der Waals surface area contributed by atoms with Crippen LogP contribution >= 0.6 is 47.3 Å². The van der Waals surface area contributed by atoms with E-state index >= 15 is 0 Å². The van der Waals surface area contributed by atoms with Crippen LogP contribution < -0.4 is 16.0 Å². The van der Waals surface area contributed by atoms with Crippen molar-refractivity contribution in [3.63, 3.8) is 0 Å².